The van der Waals surface area contributed by atoms with Gasteiger partial charge >= 0.3 is 0 Å². The smallest absolute Gasteiger partial charge is 0.164 e. The van der Waals surface area contributed by atoms with Crippen LogP contribution in [0.25, 0.3) is 116 Å². The number of aromatic nitrogens is 4. The summed E-state index contributed by atoms with van der Waals surface area (Å²) in [6, 6.07) is 37.8. The summed E-state index contributed by atoms with van der Waals surface area (Å²) in [6.45, 7) is 0. The molecule has 0 aliphatic carbocycles. The number of nitrogens with zero attached hydrogens (tertiary/aromatic N) is 4. The van der Waals surface area contributed by atoms with Gasteiger partial charge in [0.15, 0.2) is 17.5 Å². The van der Waals surface area contributed by atoms with Gasteiger partial charge in [-0.05, 0) is 69.0 Å². The van der Waals surface area contributed by atoms with Gasteiger partial charge in [0.05, 0.1) is 30.4 Å². The standard InChI is InChI=1S/C53H32N4O/c1-2-12-33(13-3-1)35-22-25-36(26-23-35)51-54-52(40-27-24-34-14-4-5-15-37(34)28-40)56-53(55-51)45-31-41(32-49-50(45)43-19-9-11-21-48(43)58-49)57-46-20-10-8-18-42(46)44-29-38-16-6-7-17-39(38)30-47(44)57/h1-32H/i6D,7D,8D,10D,16D,17D,18D,20D,29D,30D. The molecular formula is C53H32N4O. The van der Waals surface area contributed by atoms with E-state index in [1.165, 1.54) is 4.57 Å². The zero-order valence-corrected chi connectivity index (χ0v) is 30.4. The van der Waals surface area contributed by atoms with Crippen LogP contribution in [0.1, 0.15) is 13.7 Å². The molecule has 0 amide bonds. The van der Waals surface area contributed by atoms with Gasteiger partial charge in [-0.25, -0.2) is 15.0 Å². The molecule has 3 heterocycles. The molecule has 58 heavy (non-hydrogen) atoms. The minimum Gasteiger partial charge on any atom is -0.456 e. The SMILES string of the molecule is [2H]c1c([2H])c([2H])c2c([2H])c3c(c([2H])c2c1[2H])c1c([2H])c([2H])c([2H])c([2H])c1n3-c1cc(-c2nc(-c3ccc(-c4ccccc4)cc3)nc(-c3ccc4ccccc4c3)n2)c2c(c1)oc1ccccc12. The molecule has 0 saturated heterocycles. The van der Waals surface area contributed by atoms with Gasteiger partial charge in [-0.3, -0.25) is 0 Å². The van der Waals surface area contributed by atoms with Gasteiger partial charge in [0.2, 0.25) is 0 Å². The number of fused-ring (bicyclic) bond motifs is 8. The van der Waals surface area contributed by atoms with E-state index >= 15 is 0 Å². The van der Waals surface area contributed by atoms with Crippen molar-refractivity contribution >= 4 is 65.3 Å². The molecule has 270 valence electrons. The Labute approximate surface area is 347 Å². The number of hydrogen-bond acceptors (Lipinski definition) is 4. The minimum atomic E-state index is -0.590. The molecule has 0 spiro atoms. The maximum absolute atomic E-state index is 9.72. The van der Waals surface area contributed by atoms with Crippen LogP contribution in [-0.2, 0) is 0 Å². The first-order valence-electron chi connectivity index (χ1n) is 23.7. The van der Waals surface area contributed by atoms with E-state index < -0.39 is 60.4 Å². The summed E-state index contributed by atoms with van der Waals surface area (Å²) in [5.41, 5.74) is 5.01. The van der Waals surface area contributed by atoms with Crippen LogP contribution in [0.15, 0.2) is 198 Å². The Hall–Kier alpha value is -7.89. The lowest BCUT2D eigenvalue weighted by Crippen LogP contribution is -2.02. The minimum absolute atomic E-state index is 0.0531. The van der Waals surface area contributed by atoms with Crippen molar-refractivity contribution in [3.05, 3.63) is 194 Å². The lowest BCUT2D eigenvalue weighted by atomic mass is 10.0. The molecule has 0 aliphatic heterocycles. The van der Waals surface area contributed by atoms with Crippen molar-refractivity contribution in [1.29, 1.82) is 0 Å². The lowest BCUT2D eigenvalue weighted by Gasteiger charge is -2.13. The summed E-state index contributed by atoms with van der Waals surface area (Å²) in [6.07, 6.45) is 0. The lowest BCUT2D eigenvalue weighted by molar-refractivity contribution is 0.668. The Bertz CT molecular complexity index is 4150. The first-order valence-corrected chi connectivity index (χ1v) is 18.7. The van der Waals surface area contributed by atoms with Crippen molar-refractivity contribution in [2.24, 2.45) is 0 Å². The fraction of sp³-hybridized carbons (Fsp3) is 0. The van der Waals surface area contributed by atoms with Crippen LogP contribution in [0.2, 0.25) is 0 Å². The van der Waals surface area contributed by atoms with Crippen LogP contribution >= 0.6 is 0 Å². The first-order chi connectivity index (χ1) is 32.9. The van der Waals surface area contributed by atoms with Crippen molar-refractivity contribution < 1.29 is 18.1 Å². The fourth-order valence-corrected chi connectivity index (χ4v) is 7.91. The van der Waals surface area contributed by atoms with E-state index in [9.17, 15) is 5.48 Å². The maximum atomic E-state index is 9.72. The van der Waals surface area contributed by atoms with Crippen LogP contribution in [0.5, 0.6) is 0 Å². The second kappa shape index (κ2) is 12.8. The highest BCUT2D eigenvalue weighted by Crippen LogP contribution is 2.41. The summed E-state index contributed by atoms with van der Waals surface area (Å²) < 4.78 is 98.1. The highest BCUT2D eigenvalue weighted by molar-refractivity contribution is 6.16. The van der Waals surface area contributed by atoms with Crippen LogP contribution in [0.4, 0.5) is 0 Å². The van der Waals surface area contributed by atoms with E-state index in [0.717, 1.165) is 38.4 Å². The molecule has 5 nitrogen and oxygen atoms in total. The third-order valence-electron chi connectivity index (χ3n) is 10.6. The van der Waals surface area contributed by atoms with Gasteiger partial charge in [-0.2, -0.15) is 0 Å². The van der Waals surface area contributed by atoms with Crippen molar-refractivity contribution in [2.75, 3.05) is 0 Å². The third kappa shape index (κ3) is 5.21. The Morgan fingerprint density at radius 1 is 0.431 bits per heavy atom. The van der Waals surface area contributed by atoms with E-state index in [2.05, 4.69) is 0 Å². The number of hydrogen-bond donors (Lipinski definition) is 0. The Morgan fingerprint density at radius 3 is 1.95 bits per heavy atom. The summed E-state index contributed by atoms with van der Waals surface area (Å²) in [7, 11) is 0. The molecule has 0 N–H and O–H groups in total. The fourth-order valence-electron chi connectivity index (χ4n) is 7.91. The number of benzene rings is 9. The van der Waals surface area contributed by atoms with Crippen LogP contribution < -0.4 is 0 Å². The van der Waals surface area contributed by atoms with Gasteiger partial charge < -0.3 is 8.98 Å². The van der Waals surface area contributed by atoms with E-state index in [-0.39, 0.29) is 44.1 Å². The molecule has 9 aromatic carbocycles. The van der Waals surface area contributed by atoms with Crippen molar-refractivity contribution in [3.8, 4) is 51.0 Å². The number of furan rings is 1. The van der Waals surface area contributed by atoms with Gasteiger partial charge in [0.1, 0.15) is 11.2 Å². The highest BCUT2D eigenvalue weighted by atomic mass is 16.3. The molecule has 0 saturated carbocycles. The molecule has 0 unspecified atom stereocenters. The predicted molar refractivity (Wildman–Crippen MR) is 238 cm³/mol. The van der Waals surface area contributed by atoms with Crippen molar-refractivity contribution in [3.63, 3.8) is 0 Å². The molecular weight excluding hydrogens is 709 g/mol. The van der Waals surface area contributed by atoms with Gasteiger partial charge in [0, 0.05) is 44.3 Å². The Kier molecular flexibility index (Phi) is 5.29. The topological polar surface area (TPSA) is 56.7 Å². The third-order valence-corrected chi connectivity index (χ3v) is 10.6. The zero-order chi connectivity index (χ0) is 46.9. The van der Waals surface area contributed by atoms with Gasteiger partial charge in [0.25, 0.3) is 0 Å². The zero-order valence-electron chi connectivity index (χ0n) is 40.4. The van der Waals surface area contributed by atoms with Crippen molar-refractivity contribution in [1.82, 2.24) is 19.5 Å². The summed E-state index contributed by atoms with van der Waals surface area (Å²) in [5, 5.41) is 2.80. The average molecular weight is 751 g/mol. The van der Waals surface area contributed by atoms with Gasteiger partial charge in [-0.15, -0.1) is 0 Å². The van der Waals surface area contributed by atoms with Crippen LogP contribution in [-0.4, -0.2) is 19.5 Å². The number of rotatable bonds is 5. The van der Waals surface area contributed by atoms with E-state index in [1.807, 2.05) is 121 Å². The molecule has 0 fully saturated rings. The van der Waals surface area contributed by atoms with Crippen molar-refractivity contribution in [2.45, 2.75) is 0 Å². The Morgan fingerprint density at radius 2 is 1.09 bits per heavy atom. The van der Waals surface area contributed by atoms with E-state index in [0.29, 0.717) is 33.8 Å². The van der Waals surface area contributed by atoms with Crippen LogP contribution in [0, 0.1) is 0 Å². The largest absolute Gasteiger partial charge is 0.456 e. The van der Waals surface area contributed by atoms with E-state index in [1.54, 1.807) is 12.1 Å². The second-order valence-electron chi connectivity index (χ2n) is 14.1. The predicted octanol–water partition coefficient (Wildman–Crippen LogP) is 13.8. The molecule has 3 aromatic heterocycles. The molecule has 12 rings (SSSR count). The molecule has 0 bridgehead atoms. The summed E-state index contributed by atoms with van der Waals surface area (Å²) >= 11 is 0. The maximum Gasteiger partial charge on any atom is 0.164 e. The molecule has 0 atom stereocenters. The monoisotopic (exact) mass is 750 g/mol. The quantitative estimate of drug-likeness (QED) is 0.176. The summed E-state index contributed by atoms with van der Waals surface area (Å²) in [5.74, 6) is 1.01. The molecule has 0 aliphatic rings. The second-order valence-corrected chi connectivity index (χ2v) is 14.1. The normalized spacial score (nSPS) is 14.2. The first kappa shape index (κ1) is 23.9. The average Bonchev–Trinajstić information content (AvgIpc) is 3.94. The molecule has 5 heteroatoms. The number of para-hydroxylation sites is 2. The Balaban J connectivity index is 1.21. The van der Waals surface area contributed by atoms with E-state index in [4.69, 9.17) is 27.6 Å². The van der Waals surface area contributed by atoms with Gasteiger partial charge in [-0.1, -0.05) is 151 Å². The van der Waals surface area contributed by atoms with Crippen LogP contribution in [0.3, 0.4) is 0 Å². The summed E-state index contributed by atoms with van der Waals surface area (Å²) in [4.78, 5) is 15.4. The highest BCUT2D eigenvalue weighted by Gasteiger charge is 2.22. The molecule has 12 aromatic rings. The molecule has 0 radical (unpaired) electrons.